The maximum Gasteiger partial charge on any atom is 0.407 e. The van der Waals surface area contributed by atoms with Crippen molar-refractivity contribution in [2.24, 2.45) is 5.41 Å². The molecular weight excluding hydrogens is 242 g/mol. The van der Waals surface area contributed by atoms with E-state index in [1.807, 2.05) is 51.1 Å². The molecular formula is C15H23NO3. The minimum Gasteiger partial charge on any atom is -0.465 e. The SMILES string of the molecule is CC(C)(C)CN(CC(O)Cc1ccccc1)C(=O)O. The number of carboxylic acid groups (broad SMARTS) is 1. The molecule has 0 heterocycles. The minimum absolute atomic E-state index is 0.120. The summed E-state index contributed by atoms with van der Waals surface area (Å²) in [7, 11) is 0. The number of rotatable bonds is 5. The topological polar surface area (TPSA) is 60.8 Å². The van der Waals surface area contributed by atoms with Gasteiger partial charge in [0.2, 0.25) is 0 Å². The summed E-state index contributed by atoms with van der Waals surface area (Å²) in [4.78, 5) is 12.5. The molecule has 0 aromatic heterocycles. The number of aliphatic hydroxyl groups is 1. The molecule has 0 bridgehead atoms. The number of nitrogens with zero attached hydrogens (tertiary/aromatic N) is 1. The molecule has 0 saturated carbocycles. The van der Waals surface area contributed by atoms with Crippen molar-refractivity contribution in [3.63, 3.8) is 0 Å². The third-order valence-corrected chi connectivity index (χ3v) is 2.68. The van der Waals surface area contributed by atoms with Gasteiger partial charge in [0.1, 0.15) is 0 Å². The second-order valence-electron chi connectivity index (χ2n) is 6.07. The molecule has 0 aliphatic carbocycles. The smallest absolute Gasteiger partial charge is 0.407 e. The van der Waals surface area contributed by atoms with Crippen molar-refractivity contribution in [2.45, 2.75) is 33.3 Å². The van der Waals surface area contributed by atoms with E-state index in [9.17, 15) is 9.90 Å². The second kappa shape index (κ2) is 6.57. The molecule has 1 atom stereocenters. The molecule has 1 rings (SSSR count). The van der Waals surface area contributed by atoms with Crippen LogP contribution in [0.4, 0.5) is 4.79 Å². The Morgan fingerprint density at radius 3 is 2.32 bits per heavy atom. The van der Waals surface area contributed by atoms with E-state index >= 15 is 0 Å². The lowest BCUT2D eigenvalue weighted by atomic mass is 9.96. The summed E-state index contributed by atoms with van der Waals surface area (Å²) >= 11 is 0. The molecule has 1 amide bonds. The third-order valence-electron chi connectivity index (χ3n) is 2.68. The Hall–Kier alpha value is -1.55. The van der Waals surface area contributed by atoms with Gasteiger partial charge in [-0.15, -0.1) is 0 Å². The van der Waals surface area contributed by atoms with E-state index < -0.39 is 12.2 Å². The van der Waals surface area contributed by atoms with Gasteiger partial charge in [-0.25, -0.2) is 4.79 Å². The maximum absolute atomic E-state index is 11.2. The van der Waals surface area contributed by atoms with Crippen molar-refractivity contribution in [3.8, 4) is 0 Å². The van der Waals surface area contributed by atoms with Crippen LogP contribution in [-0.4, -0.2) is 40.4 Å². The highest BCUT2D eigenvalue weighted by atomic mass is 16.4. The Balaban J connectivity index is 2.57. The molecule has 19 heavy (non-hydrogen) atoms. The Kier molecular flexibility index (Phi) is 5.36. The van der Waals surface area contributed by atoms with E-state index in [-0.39, 0.29) is 12.0 Å². The van der Waals surface area contributed by atoms with Crippen molar-refractivity contribution in [2.75, 3.05) is 13.1 Å². The molecule has 2 N–H and O–H groups in total. The van der Waals surface area contributed by atoms with E-state index in [2.05, 4.69) is 0 Å². The van der Waals surface area contributed by atoms with E-state index in [0.29, 0.717) is 13.0 Å². The molecule has 0 aliphatic rings. The molecule has 0 aliphatic heterocycles. The summed E-state index contributed by atoms with van der Waals surface area (Å²) in [5.74, 6) is 0. The van der Waals surface area contributed by atoms with Crippen molar-refractivity contribution in [1.82, 2.24) is 4.90 Å². The molecule has 4 nitrogen and oxygen atoms in total. The monoisotopic (exact) mass is 265 g/mol. The van der Waals surface area contributed by atoms with Crippen LogP contribution >= 0.6 is 0 Å². The van der Waals surface area contributed by atoms with Gasteiger partial charge in [0, 0.05) is 13.0 Å². The highest BCUT2D eigenvalue weighted by Gasteiger charge is 2.22. The summed E-state index contributed by atoms with van der Waals surface area (Å²) < 4.78 is 0. The van der Waals surface area contributed by atoms with Crippen LogP contribution in [0.1, 0.15) is 26.3 Å². The van der Waals surface area contributed by atoms with Gasteiger partial charge in [-0.1, -0.05) is 51.1 Å². The second-order valence-corrected chi connectivity index (χ2v) is 6.07. The van der Waals surface area contributed by atoms with Crippen LogP contribution in [-0.2, 0) is 6.42 Å². The molecule has 0 spiro atoms. The highest BCUT2D eigenvalue weighted by Crippen LogP contribution is 2.16. The van der Waals surface area contributed by atoms with Gasteiger partial charge in [0.15, 0.2) is 0 Å². The molecule has 0 saturated heterocycles. The first-order valence-corrected chi connectivity index (χ1v) is 6.48. The fraction of sp³-hybridized carbons (Fsp3) is 0.533. The van der Waals surface area contributed by atoms with Gasteiger partial charge in [0.25, 0.3) is 0 Å². The molecule has 0 radical (unpaired) electrons. The zero-order valence-corrected chi connectivity index (χ0v) is 11.8. The minimum atomic E-state index is -0.984. The first-order chi connectivity index (χ1) is 8.78. The summed E-state index contributed by atoms with van der Waals surface area (Å²) in [6, 6.07) is 9.59. The Labute approximate surface area is 114 Å². The van der Waals surface area contributed by atoms with Crippen molar-refractivity contribution >= 4 is 6.09 Å². The van der Waals surface area contributed by atoms with E-state index in [0.717, 1.165) is 5.56 Å². The van der Waals surface area contributed by atoms with E-state index in [1.54, 1.807) is 0 Å². The largest absolute Gasteiger partial charge is 0.465 e. The van der Waals surface area contributed by atoms with Gasteiger partial charge in [-0.3, -0.25) is 0 Å². The molecule has 1 aromatic rings. The number of hydrogen-bond acceptors (Lipinski definition) is 2. The zero-order valence-electron chi connectivity index (χ0n) is 11.8. The lowest BCUT2D eigenvalue weighted by molar-refractivity contribution is 0.0809. The van der Waals surface area contributed by atoms with Crippen LogP contribution in [0.25, 0.3) is 0 Å². The van der Waals surface area contributed by atoms with E-state index in [4.69, 9.17) is 5.11 Å². The standard InChI is InChI=1S/C15H23NO3/c1-15(2,3)11-16(14(18)19)10-13(17)9-12-7-5-4-6-8-12/h4-8,13,17H,9-11H2,1-3H3,(H,18,19). The number of aliphatic hydroxyl groups excluding tert-OH is 1. The number of benzene rings is 1. The Bertz CT molecular complexity index is 398. The van der Waals surface area contributed by atoms with Crippen LogP contribution in [0.5, 0.6) is 0 Å². The van der Waals surface area contributed by atoms with Crippen molar-refractivity contribution in [1.29, 1.82) is 0 Å². The first kappa shape index (κ1) is 15.5. The fourth-order valence-electron chi connectivity index (χ4n) is 1.99. The normalized spacial score (nSPS) is 13.1. The van der Waals surface area contributed by atoms with Gasteiger partial charge in [0.05, 0.1) is 12.6 Å². The average molecular weight is 265 g/mol. The van der Waals surface area contributed by atoms with E-state index in [1.165, 1.54) is 4.90 Å². The molecule has 106 valence electrons. The number of amides is 1. The average Bonchev–Trinajstić information content (AvgIpc) is 2.27. The predicted octanol–water partition coefficient (Wildman–Crippen LogP) is 2.62. The quantitative estimate of drug-likeness (QED) is 0.860. The Morgan fingerprint density at radius 2 is 1.84 bits per heavy atom. The molecule has 1 unspecified atom stereocenters. The van der Waals surface area contributed by atoms with Crippen LogP contribution < -0.4 is 0 Å². The lowest BCUT2D eigenvalue weighted by Gasteiger charge is -2.29. The van der Waals surface area contributed by atoms with Crippen LogP contribution in [0.2, 0.25) is 0 Å². The van der Waals surface area contributed by atoms with Crippen LogP contribution in [0, 0.1) is 5.41 Å². The van der Waals surface area contributed by atoms with Crippen molar-refractivity contribution in [3.05, 3.63) is 35.9 Å². The van der Waals surface area contributed by atoms with Gasteiger partial charge in [-0.05, 0) is 11.0 Å². The summed E-state index contributed by atoms with van der Waals surface area (Å²) in [6.07, 6.45) is -1.20. The molecule has 4 heteroatoms. The fourth-order valence-corrected chi connectivity index (χ4v) is 1.99. The van der Waals surface area contributed by atoms with Crippen LogP contribution in [0.15, 0.2) is 30.3 Å². The predicted molar refractivity (Wildman–Crippen MR) is 75.2 cm³/mol. The van der Waals surface area contributed by atoms with Gasteiger partial charge >= 0.3 is 6.09 Å². The van der Waals surface area contributed by atoms with Gasteiger partial charge < -0.3 is 15.1 Å². The van der Waals surface area contributed by atoms with Crippen molar-refractivity contribution < 1.29 is 15.0 Å². The first-order valence-electron chi connectivity index (χ1n) is 6.48. The van der Waals surface area contributed by atoms with Crippen LogP contribution in [0.3, 0.4) is 0 Å². The lowest BCUT2D eigenvalue weighted by Crippen LogP contribution is -2.42. The third kappa shape index (κ3) is 6.25. The summed E-state index contributed by atoms with van der Waals surface area (Å²) in [6.45, 7) is 6.49. The summed E-state index contributed by atoms with van der Waals surface area (Å²) in [5, 5.41) is 19.2. The van der Waals surface area contributed by atoms with Gasteiger partial charge in [-0.2, -0.15) is 0 Å². The maximum atomic E-state index is 11.2. The Morgan fingerprint density at radius 1 is 1.26 bits per heavy atom. The number of hydrogen-bond donors (Lipinski definition) is 2. The highest BCUT2D eigenvalue weighted by molar-refractivity contribution is 5.65. The zero-order chi connectivity index (χ0) is 14.5. The summed E-state index contributed by atoms with van der Waals surface area (Å²) in [5.41, 5.74) is 0.890. The molecule has 1 aromatic carbocycles. The number of carbonyl (C=O) groups is 1. The molecule has 0 fully saturated rings.